The molecule has 1 aromatic rings. The average molecular weight is 279 g/mol. The third-order valence-corrected chi connectivity index (χ3v) is 3.75. The Balaban J connectivity index is 1.52. The van der Waals surface area contributed by atoms with E-state index < -0.39 is 6.10 Å². The number of benzene rings is 1. The highest BCUT2D eigenvalue weighted by atomic mass is 16.6. The average Bonchev–Trinajstić information content (AvgIpc) is 3.00. The first kappa shape index (κ1) is 13.7. The Hall–Kier alpha value is -1.30. The van der Waals surface area contributed by atoms with Gasteiger partial charge in [-0.2, -0.15) is 0 Å². The van der Waals surface area contributed by atoms with Crippen LogP contribution in [0.5, 0.6) is 11.5 Å². The molecule has 0 saturated carbocycles. The van der Waals surface area contributed by atoms with E-state index in [1.807, 2.05) is 18.2 Å². The molecule has 2 N–H and O–H groups in total. The van der Waals surface area contributed by atoms with Crippen molar-refractivity contribution in [1.82, 2.24) is 5.32 Å². The van der Waals surface area contributed by atoms with E-state index in [0.717, 1.165) is 43.2 Å². The number of nitrogens with one attached hydrogen (secondary N) is 1. The van der Waals surface area contributed by atoms with Gasteiger partial charge >= 0.3 is 0 Å². The van der Waals surface area contributed by atoms with E-state index in [9.17, 15) is 5.11 Å². The third kappa shape index (κ3) is 3.23. The highest BCUT2D eigenvalue weighted by Gasteiger charge is 2.17. The lowest BCUT2D eigenvalue weighted by atomic mass is 10.1. The first-order valence-electron chi connectivity index (χ1n) is 7.19. The van der Waals surface area contributed by atoms with Crippen LogP contribution >= 0.6 is 0 Å². The Morgan fingerprint density at radius 2 is 2.05 bits per heavy atom. The van der Waals surface area contributed by atoms with Gasteiger partial charge < -0.3 is 24.6 Å². The van der Waals surface area contributed by atoms with Gasteiger partial charge in [0.2, 0.25) is 0 Å². The van der Waals surface area contributed by atoms with Crippen LogP contribution in [0.2, 0.25) is 0 Å². The molecule has 1 fully saturated rings. The predicted octanol–water partition coefficient (Wildman–Crippen LogP) is 1.12. The fourth-order valence-electron chi connectivity index (χ4n) is 2.55. The molecule has 110 valence electrons. The summed E-state index contributed by atoms with van der Waals surface area (Å²) < 4.78 is 16.3. The maximum absolute atomic E-state index is 10.2. The van der Waals surface area contributed by atoms with Crippen molar-refractivity contribution in [1.29, 1.82) is 0 Å². The number of aliphatic hydroxyl groups is 1. The Bertz CT molecular complexity index is 445. The molecule has 20 heavy (non-hydrogen) atoms. The van der Waals surface area contributed by atoms with E-state index in [-0.39, 0.29) is 0 Å². The minimum Gasteiger partial charge on any atom is -0.486 e. The first-order chi connectivity index (χ1) is 9.83. The summed E-state index contributed by atoms with van der Waals surface area (Å²) in [5.41, 5.74) is 0.851. The van der Waals surface area contributed by atoms with Crippen molar-refractivity contribution in [3.8, 4) is 11.5 Å². The lowest BCUT2D eigenvalue weighted by Gasteiger charge is -2.20. The molecule has 2 unspecified atom stereocenters. The molecule has 3 rings (SSSR count). The summed E-state index contributed by atoms with van der Waals surface area (Å²) >= 11 is 0. The van der Waals surface area contributed by atoms with E-state index in [1.54, 1.807) is 0 Å². The molecule has 0 aromatic heterocycles. The van der Waals surface area contributed by atoms with Crippen LogP contribution in [0, 0.1) is 5.92 Å². The zero-order valence-corrected chi connectivity index (χ0v) is 11.5. The fraction of sp³-hybridized carbons (Fsp3) is 0.600. The summed E-state index contributed by atoms with van der Waals surface area (Å²) in [7, 11) is 0. The Morgan fingerprint density at radius 3 is 2.85 bits per heavy atom. The second-order valence-corrected chi connectivity index (χ2v) is 5.31. The molecule has 5 nitrogen and oxygen atoms in total. The van der Waals surface area contributed by atoms with Crippen LogP contribution in [0.25, 0.3) is 0 Å². The third-order valence-electron chi connectivity index (χ3n) is 3.75. The van der Waals surface area contributed by atoms with Gasteiger partial charge in [-0.15, -0.1) is 0 Å². The molecule has 1 saturated heterocycles. The molecule has 0 bridgehead atoms. The molecule has 2 heterocycles. The van der Waals surface area contributed by atoms with Gasteiger partial charge in [-0.05, 0) is 30.0 Å². The highest BCUT2D eigenvalue weighted by Crippen LogP contribution is 2.32. The molecule has 2 atom stereocenters. The molecule has 2 aliphatic rings. The van der Waals surface area contributed by atoms with Crippen molar-refractivity contribution in [3.63, 3.8) is 0 Å². The Labute approximate surface area is 118 Å². The summed E-state index contributed by atoms with van der Waals surface area (Å²) in [5, 5.41) is 13.5. The molecular formula is C15H21NO4. The summed E-state index contributed by atoms with van der Waals surface area (Å²) in [6, 6.07) is 5.61. The Morgan fingerprint density at radius 1 is 1.20 bits per heavy atom. The molecular weight excluding hydrogens is 258 g/mol. The van der Waals surface area contributed by atoms with Crippen molar-refractivity contribution in [2.24, 2.45) is 5.92 Å². The van der Waals surface area contributed by atoms with Crippen LogP contribution in [-0.4, -0.2) is 44.6 Å². The standard InChI is InChI=1S/C15H21NO4/c17-13(9-16-8-11-3-4-18-10-11)12-1-2-14-15(7-12)20-6-5-19-14/h1-2,7,11,13,16-17H,3-6,8-10H2. The van der Waals surface area contributed by atoms with Crippen LogP contribution in [0.3, 0.4) is 0 Å². The number of rotatable bonds is 5. The van der Waals surface area contributed by atoms with Gasteiger partial charge in [-0.25, -0.2) is 0 Å². The van der Waals surface area contributed by atoms with Crippen LogP contribution in [0.1, 0.15) is 18.1 Å². The van der Waals surface area contributed by atoms with Crippen molar-refractivity contribution in [2.75, 3.05) is 39.5 Å². The zero-order chi connectivity index (χ0) is 13.8. The topological polar surface area (TPSA) is 60.0 Å². The zero-order valence-electron chi connectivity index (χ0n) is 11.5. The van der Waals surface area contributed by atoms with E-state index in [4.69, 9.17) is 14.2 Å². The van der Waals surface area contributed by atoms with Gasteiger partial charge in [-0.1, -0.05) is 6.07 Å². The maximum Gasteiger partial charge on any atom is 0.161 e. The van der Waals surface area contributed by atoms with Crippen LogP contribution < -0.4 is 14.8 Å². The fourth-order valence-corrected chi connectivity index (χ4v) is 2.55. The monoisotopic (exact) mass is 279 g/mol. The summed E-state index contributed by atoms with van der Waals surface area (Å²) in [6.07, 6.45) is 0.570. The molecule has 5 heteroatoms. The molecule has 0 aliphatic carbocycles. The van der Waals surface area contributed by atoms with Crippen molar-refractivity contribution >= 4 is 0 Å². The number of aliphatic hydroxyl groups excluding tert-OH is 1. The van der Waals surface area contributed by atoms with Crippen molar-refractivity contribution in [3.05, 3.63) is 23.8 Å². The van der Waals surface area contributed by atoms with Gasteiger partial charge in [0.05, 0.1) is 12.7 Å². The number of fused-ring (bicyclic) bond motifs is 1. The minimum atomic E-state index is -0.534. The lowest BCUT2D eigenvalue weighted by Crippen LogP contribution is -2.27. The van der Waals surface area contributed by atoms with Crippen molar-refractivity contribution < 1.29 is 19.3 Å². The summed E-state index contributed by atoms with van der Waals surface area (Å²) in [4.78, 5) is 0. The van der Waals surface area contributed by atoms with Crippen LogP contribution in [0.4, 0.5) is 0 Å². The number of hydrogen-bond acceptors (Lipinski definition) is 5. The lowest BCUT2D eigenvalue weighted by molar-refractivity contribution is 0.160. The number of hydrogen-bond donors (Lipinski definition) is 2. The molecule has 0 spiro atoms. The molecule has 0 radical (unpaired) electrons. The van der Waals surface area contributed by atoms with Crippen LogP contribution in [0.15, 0.2) is 18.2 Å². The van der Waals surface area contributed by atoms with Gasteiger partial charge in [0.25, 0.3) is 0 Å². The van der Waals surface area contributed by atoms with Crippen LogP contribution in [-0.2, 0) is 4.74 Å². The van der Waals surface area contributed by atoms with E-state index in [2.05, 4.69) is 5.32 Å². The highest BCUT2D eigenvalue weighted by molar-refractivity contribution is 5.44. The maximum atomic E-state index is 10.2. The van der Waals surface area contributed by atoms with E-state index in [0.29, 0.717) is 25.7 Å². The molecule has 2 aliphatic heterocycles. The van der Waals surface area contributed by atoms with E-state index >= 15 is 0 Å². The predicted molar refractivity (Wildman–Crippen MR) is 74.2 cm³/mol. The molecule has 0 amide bonds. The largest absolute Gasteiger partial charge is 0.486 e. The smallest absolute Gasteiger partial charge is 0.161 e. The summed E-state index contributed by atoms with van der Waals surface area (Å²) in [6.45, 7) is 4.26. The van der Waals surface area contributed by atoms with Crippen molar-refractivity contribution in [2.45, 2.75) is 12.5 Å². The Kier molecular flexibility index (Phi) is 4.40. The van der Waals surface area contributed by atoms with Gasteiger partial charge in [-0.3, -0.25) is 0 Å². The number of ether oxygens (including phenoxy) is 3. The SMILES string of the molecule is OC(CNCC1CCOC1)c1ccc2c(c1)OCCO2. The van der Waals surface area contributed by atoms with Gasteiger partial charge in [0.1, 0.15) is 13.2 Å². The second-order valence-electron chi connectivity index (χ2n) is 5.31. The molecule has 1 aromatic carbocycles. The van der Waals surface area contributed by atoms with Gasteiger partial charge in [0.15, 0.2) is 11.5 Å². The normalized spacial score (nSPS) is 22.8. The van der Waals surface area contributed by atoms with Gasteiger partial charge in [0, 0.05) is 19.7 Å². The minimum absolute atomic E-state index is 0.534. The quantitative estimate of drug-likeness (QED) is 0.846. The first-order valence-corrected chi connectivity index (χ1v) is 7.19. The second kappa shape index (κ2) is 6.43. The summed E-state index contributed by atoms with van der Waals surface area (Å²) in [5.74, 6) is 2.04. The van der Waals surface area contributed by atoms with E-state index in [1.165, 1.54) is 0 Å².